The van der Waals surface area contributed by atoms with Crippen LogP contribution in [0.5, 0.6) is 0 Å². The van der Waals surface area contributed by atoms with Crippen LogP contribution >= 0.6 is 11.8 Å². The second-order valence-corrected chi connectivity index (χ2v) is 6.39. The van der Waals surface area contributed by atoms with E-state index in [1.54, 1.807) is 12.4 Å². The Kier molecular flexibility index (Phi) is 3.26. The van der Waals surface area contributed by atoms with Crippen molar-refractivity contribution in [3.05, 3.63) is 76.4 Å². The van der Waals surface area contributed by atoms with Gasteiger partial charge in [-0.05, 0) is 29.8 Å². The van der Waals surface area contributed by atoms with E-state index < -0.39 is 5.92 Å². The summed E-state index contributed by atoms with van der Waals surface area (Å²) in [5.74, 6) is -0.0816. The molecule has 0 aliphatic carbocycles. The molecule has 2 N–H and O–H groups in total. The summed E-state index contributed by atoms with van der Waals surface area (Å²) in [6.45, 7) is 0. The molecule has 0 spiro atoms. The Morgan fingerprint density at radius 1 is 1.04 bits per heavy atom. The first-order valence-corrected chi connectivity index (χ1v) is 8.09. The average Bonchev–Trinajstić information content (AvgIpc) is 3.02. The van der Waals surface area contributed by atoms with Crippen LogP contribution in [0.3, 0.4) is 0 Å². The molecule has 24 heavy (non-hydrogen) atoms. The van der Waals surface area contributed by atoms with Crippen molar-refractivity contribution in [2.75, 3.05) is 4.90 Å². The second-order valence-electron chi connectivity index (χ2n) is 5.36. The number of rotatable bonds is 1. The van der Waals surface area contributed by atoms with Crippen LogP contribution in [0, 0.1) is 22.7 Å². The molecular weight excluding hydrogens is 318 g/mol. The zero-order valence-electron chi connectivity index (χ0n) is 12.5. The highest BCUT2D eigenvalue weighted by atomic mass is 32.2. The number of hydrogen-bond acceptors (Lipinski definition) is 6. The highest BCUT2D eigenvalue weighted by Gasteiger charge is 2.40. The van der Waals surface area contributed by atoms with Crippen molar-refractivity contribution in [2.24, 2.45) is 5.73 Å². The fourth-order valence-electron chi connectivity index (χ4n) is 3.06. The molecule has 0 saturated carbocycles. The van der Waals surface area contributed by atoms with Gasteiger partial charge >= 0.3 is 0 Å². The summed E-state index contributed by atoms with van der Waals surface area (Å²) in [6.07, 6.45) is 3.31. The first kappa shape index (κ1) is 14.4. The van der Waals surface area contributed by atoms with Crippen LogP contribution in [-0.4, -0.2) is 4.98 Å². The van der Waals surface area contributed by atoms with E-state index in [2.05, 4.69) is 17.1 Å². The molecular formula is C18H11N5S. The highest BCUT2D eigenvalue weighted by Crippen LogP contribution is 2.54. The number of aromatic nitrogens is 1. The van der Waals surface area contributed by atoms with E-state index in [9.17, 15) is 10.5 Å². The third-order valence-electron chi connectivity index (χ3n) is 4.12. The number of pyridine rings is 1. The number of allylic oxidation sites excluding steroid dienone is 2. The summed E-state index contributed by atoms with van der Waals surface area (Å²) in [7, 11) is 0. The molecule has 4 rings (SSSR count). The second kappa shape index (κ2) is 5.45. The normalized spacial score (nSPS) is 18.8. The molecule has 0 amide bonds. The van der Waals surface area contributed by atoms with Crippen molar-refractivity contribution in [3.63, 3.8) is 0 Å². The molecule has 6 heteroatoms. The number of hydrogen-bond donors (Lipinski definition) is 1. The lowest BCUT2D eigenvalue weighted by Crippen LogP contribution is -2.32. The monoisotopic (exact) mass is 329 g/mol. The van der Waals surface area contributed by atoms with Gasteiger partial charge in [0.1, 0.15) is 10.9 Å². The average molecular weight is 329 g/mol. The van der Waals surface area contributed by atoms with Crippen LogP contribution in [0.1, 0.15) is 11.5 Å². The van der Waals surface area contributed by atoms with E-state index in [0.717, 1.165) is 21.2 Å². The minimum absolute atomic E-state index is 0.380. The van der Waals surface area contributed by atoms with Crippen LogP contribution in [0.4, 0.5) is 5.69 Å². The summed E-state index contributed by atoms with van der Waals surface area (Å²) >= 11 is 1.51. The summed E-state index contributed by atoms with van der Waals surface area (Å²) < 4.78 is 0. The van der Waals surface area contributed by atoms with Gasteiger partial charge in [-0.25, -0.2) is 0 Å². The van der Waals surface area contributed by atoms with Crippen LogP contribution < -0.4 is 10.6 Å². The summed E-state index contributed by atoms with van der Waals surface area (Å²) in [5, 5.41) is 20.3. The highest BCUT2D eigenvalue weighted by molar-refractivity contribution is 8.03. The van der Waals surface area contributed by atoms with Gasteiger partial charge in [-0.2, -0.15) is 10.5 Å². The zero-order valence-corrected chi connectivity index (χ0v) is 13.3. The minimum Gasteiger partial charge on any atom is -0.384 e. The maximum Gasteiger partial charge on any atom is 0.123 e. The Morgan fingerprint density at radius 2 is 1.75 bits per heavy atom. The maximum absolute atomic E-state index is 9.81. The Balaban J connectivity index is 1.99. The minimum atomic E-state index is -0.462. The molecule has 0 bridgehead atoms. The van der Waals surface area contributed by atoms with Gasteiger partial charge in [-0.15, -0.1) is 0 Å². The van der Waals surface area contributed by atoms with Gasteiger partial charge in [0.25, 0.3) is 0 Å². The lowest BCUT2D eigenvalue weighted by Gasteiger charge is -2.31. The molecule has 0 saturated heterocycles. The standard InChI is InChI=1S/C18H11N5S/c19-9-12-16(11-5-7-22-8-6-11)13(10-20)18-23(17(12)21)14-3-1-2-4-15(14)24-18/h1-8,16H,21H2. The molecule has 1 aromatic carbocycles. The molecule has 0 fully saturated rings. The number of nitrogens with two attached hydrogens (primary N) is 1. The number of fused-ring (bicyclic) bond motifs is 3. The van der Waals surface area contributed by atoms with Gasteiger partial charge in [-0.1, -0.05) is 23.9 Å². The Morgan fingerprint density at radius 3 is 2.46 bits per heavy atom. The summed E-state index contributed by atoms with van der Waals surface area (Å²) in [4.78, 5) is 6.85. The fraction of sp³-hybridized carbons (Fsp3) is 0.0556. The van der Waals surface area contributed by atoms with E-state index in [0.29, 0.717) is 17.0 Å². The van der Waals surface area contributed by atoms with Crippen LogP contribution in [0.2, 0.25) is 0 Å². The van der Waals surface area contributed by atoms with Crippen molar-refractivity contribution in [1.82, 2.24) is 4.98 Å². The van der Waals surface area contributed by atoms with Gasteiger partial charge in [0, 0.05) is 17.3 Å². The van der Waals surface area contributed by atoms with Crippen molar-refractivity contribution in [3.8, 4) is 12.1 Å². The largest absolute Gasteiger partial charge is 0.384 e. The van der Waals surface area contributed by atoms with E-state index in [-0.39, 0.29) is 0 Å². The Hall–Kier alpha value is -3.22. The first-order chi connectivity index (χ1) is 11.8. The molecule has 2 aliphatic heterocycles. The topological polar surface area (TPSA) is 89.7 Å². The number of thioether (sulfide) groups is 1. The molecule has 1 aromatic heterocycles. The van der Waals surface area contributed by atoms with Crippen LogP contribution in [0.15, 0.2) is 75.7 Å². The third kappa shape index (κ3) is 1.91. The SMILES string of the molecule is N#CC1=C(N)N2C(=C(C#N)C1c1ccncc1)Sc1ccccc12. The molecule has 5 nitrogen and oxygen atoms in total. The number of nitriles is 2. The molecule has 2 aromatic rings. The van der Waals surface area contributed by atoms with Crippen molar-refractivity contribution in [1.29, 1.82) is 10.5 Å². The Labute approximate surface area is 143 Å². The molecule has 1 atom stereocenters. The van der Waals surface area contributed by atoms with Crippen molar-refractivity contribution >= 4 is 17.4 Å². The lowest BCUT2D eigenvalue weighted by molar-refractivity contribution is 0.882. The number of benzene rings is 1. The summed E-state index contributed by atoms with van der Waals surface area (Å²) in [6, 6.07) is 15.9. The van der Waals surface area contributed by atoms with E-state index >= 15 is 0 Å². The summed E-state index contributed by atoms with van der Waals surface area (Å²) in [5.41, 5.74) is 9.01. The van der Waals surface area contributed by atoms with Gasteiger partial charge in [0.05, 0.1) is 34.9 Å². The van der Waals surface area contributed by atoms with Gasteiger partial charge in [0.2, 0.25) is 0 Å². The maximum atomic E-state index is 9.81. The third-order valence-corrected chi connectivity index (χ3v) is 5.28. The van der Waals surface area contributed by atoms with Gasteiger partial charge in [-0.3, -0.25) is 9.88 Å². The quantitative estimate of drug-likeness (QED) is 0.864. The van der Waals surface area contributed by atoms with Crippen molar-refractivity contribution < 1.29 is 0 Å². The molecule has 3 heterocycles. The number of anilines is 1. The molecule has 1 unspecified atom stereocenters. The molecule has 0 radical (unpaired) electrons. The first-order valence-electron chi connectivity index (χ1n) is 7.27. The van der Waals surface area contributed by atoms with Crippen LogP contribution in [-0.2, 0) is 0 Å². The number of nitrogens with zero attached hydrogens (tertiary/aromatic N) is 4. The van der Waals surface area contributed by atoms with E-state index in [1.165, 1.54) is 11.8 Å². The van der Waals surface area contributed by atoms with Gasteiger partial charge < -0.3 is 5.73 Å². The predicted octanol–water partition coefficient (Wildman–Crippen LogP) is 3.22. The molecule has 114 valence electrons. The number of para-hydroxylation sites is 1. The predicted molar refractivity (Wildman–Crippen MR) is 91.2 cm³/mol. The van der Waals surface area contributed by atoms with Crippen molar-refractivity contribution in [2.45, 2.75) is 10.8 Å². The fourth-order valence-corrected chi connectivity index (χ4v) is 4.24. The van der Waals surface area contributed by atoms with Crippen LogP contribution in [0.25, 0.3) is 0 Å². The zero-order chi connectivity index (χ0) is 16.7. The van der Waals surface area contributed by atoms with E-state index in [4.69, 9.17) is 5.73 Å². The smallest absolute Gasteiger partial charge is 0.123 e. The van der Waals surface area contributed by atoms with Gasteiger partial charge in [0.15, 0.2) is 0 Å². The lowest BCUT2D eigenvalue weighted by atomic mass is 9.84. The Bertz CT molecular complexity index is 978. The molecule has 2 aliphatic rings. The van der Waals surface area contributed by atoms with E-state index in [1.807, 2.05) is 41.3 Å².